The van der Waals surface area contributed by atoms with Crippen molar-refractivity contribution in [2.24, 2.45) is 5.41 Å². The molecule has 0 spiro atoms. The first-order chi connectivity index (χ1) is 9.58. The third-order valence-electron chi connectivity index (χ3n) is 3.40. The van der Waals surface area contributed by atoms with Crippen molar-refractivity contribution in [2.45, 2.75) is 33.6 Å². The van der Waals surface area contributed by atoms with Crippen LogP contribution in [0.1, 0.15) is 39.2 Å². The third-order valence-corrected chi connectivity index (χ3v) is 4.34. The minimum absolute atomic E-state index is 0.0994. The molecule has 0 saturated heterocycles. The van der Waals surface area contributed by atoms with Crippen molar-refractivity contribution in [1.29, 1.82) is 0 Å². The second-order valence-electron chi connectivity index (χ2n) is 6.35. The van der Waals surface area contributed by atoms with E-state index >= 15 is 0 Å². The smallest absolute Gasteiger partial charge is 0.161 e. The SMILES string of the molecule is CCOc1cc([C@@H](CS(C)(=O)=O)C(C)(C)C)ccc1OC. The van der Waals surface area contributed by atoms with Crippen LogP contribution in [0.15, 0.2) is 18.2 Å². The van der Waals surface area contributed by atoms with Gasteiger partial charge in [0.2, 0.25) is 0 Å². The molecule has 0 aliphatic rings. The fraction of sp³-hybridized carbons (Fsp3) is 0.625. The van der Waals surface area contributed by atoms with Gasteiger partial charge >= 0.3 is 0 Å². The van der Waals surface area contributed by atoms with Gasteiger partial charge in [-0.05, 0) is 30.0 Å². The first kappa shape index (κ1) is 17.8. The largest absolute Gasteiger partial charge is 0.493 e. The predicted molar refractivity (Wildman–Crippen MR) is 86.1 cm³/mol. The van der Waals surface area contributed by atoms with Gasteiger partial charge in [-0.1, -0.05) is 26.8 Å². The van der Waals surface area contributed by atoms with Crippen LogP contribution in [0.2, 0.25) is 0 Å². The lowest BCUT2D eigenvalue weighted by atomic mass is 9.77. The summed E-state index contributed by atoms with van der Waals surface area (Å²) >= 11 is 0. The molecule has 0 amide bonds. The Hall–Kier alpha value is -1.23. The molecule has 1 aromatic carbocycles. The maximum atomic E-state index is 11.7. The van der Waals surface area contributed by atoms with Gasteiger partial charge < -0.3 is 9.47 Å². The zero-order valence-electron chi connectivity index (χ0n) is 13.8. The van der Waals surface area contributed by atoms with E-state index in [1.807, 2.05) is 45.9 Å². The lowest BCUT2D eigenvalue weighted by Crippen LogP contribution is -2.25. The molecule has 0 aliphatic heterocycles. The van der Waals surface area contributed by atoms with Crippen LogP contribution < -0.4 is 9.47 Å². The Bertz CT molecular complexity index is 570. The van der Waals surface area contributed by atoms with Gasteiger partial charge in [-0.3, -0.25) is 0 Å². The molecule has 1 rings (SSSR count). The van der Waals surface area contributed by atoms with E-state index in [1.165, 1.54) is 6.26 Å². The summed E-state index contributed by atoms with van der Waals surface area (Å²) < 4.78 is 34.3. The molecular formula is C16H26O4S. The van der Waals surface area contributed by atoms with Crippen LogP contribution in [0.5, 0.6) is 11.5 Å². The Labute approximate surface area is 128 Å². The zero-order chi connectivity index (χ0) is 16.3. The van der Waals surface area contributed by atoms with Crippen LogP contribution in [0.3, 0.4) is 0 Å². The van der Waals surface area contributed by atoms with Gasteiger partial charge in [-0.25, -0.2) is 8.42 Å². The van der Waals surface area contributed by atoms with Crippen molar-refractivity contribution in [3.63, 3.8) is 0 Å². The molecule has 120 valence electrons. The summed E-state index contributed by atoms with van der Waals surface area (Å²) in [4.78, 5) is 0. The molecular weight excluding hydrogens is 288 g/mol. The maximum Gasteiger partial charge on any atom is 0.161 e. The molecule has 0 fully saturated rings. The van der Waals surface area contributed by atoms with Gasteiger partial charge in [0.1, 0.15) is 9.84 Å². The highest BCUT2D eigenvalue weighted by Crippen LogP contribution is 2.39. The molecule has 0 N–H and O–H groups in total. The van der Waals surface area contributed by atoms with Crippen LogP contribution in [0.25, 0.3) is 0 Å². The van der Waals surface area contributed by atoms with Crippen molar-refractivity contribution in [1.82, 2.24) is 0 Å². The number of sulfone groups is 1. The van der Waals surface area contributed by atoms with Crippen molar-refractivity contribution in [3.8, 4) is 11.5 Å². The van der Waals surface area contributed by atoms with Gasteiger partial charge in [0.25, 0.3) is 0 Å². The van der Waals surface area contributed by atoms with E-state index < -0.39 is 9.84 Å². The molecule has 0 aromatic heterocycles. The molecule has 0 saturated carbocycles. The van der Waals surface area contributed by atoms with E-state index in [9.17, 15) is 8.42 Å². The fourth-order valence-corrected chi connectivity index (χ4v) is 3.63. The van der Waals surface area contributed by atoms with E-state index in [0.29, 0.717) is 18.1 Å². The van der Waals surface area contributed by atoms with Gasteiger partial charge in [-0.15, -0.1) is 0 Å². The number of ether oxygens (including phenoxy) is 2. The molecule has 0 unspecified atom stereocenters. The molecule has 1 aromatic rings. The van der Waals surface area contributed by atoms with Crippen molar-refractivity contribution >= 4 is 9.84 Å². The molecule has 1 atom stereocenters. The second kappa shape index (κ2) is 6.69. The summed E-state index contributed by atoms with van der Waals surface area (Å²) in [6.07, 6.45) is 1.28. The Balaban J connectivity index is 3.28. The number of rotatable bonds is 6. The quantitative estimate of drug-likeness (QED) is 0.808. The standard InChI is InChI=1S/C16H26O4S/c1-7-20-15-10-12(8-9-14(15)19-5)13(16(2,3)4)11-21(6,17)18/h8-10,13H,7,11H2,1-6H3/t13-/m1/s1. The summed E-state index contributed by atoms with van der Waals surface area (Å²) in [6, 6.07) is 5.65. The average molecular weight is 314 g/mol. The Morgan fingerprint density at radius 2 is 1.81 bits per heavy atom. The topological polar surface area (TPSA) is 52.6 Å². The van der Waals surface area contributed by atoms with Gasteiger partial charge in [0.05, 0.1) is 19.5 Å². The van der Waals surface area contributed by atoms with Gasteiger partial charge in [0, 0.05) is 12.2 Å². The lowest BCUT2D eigenvalue weighted by Gasteiger charge is -2.31. The van der Waals surface area contributed by atoms with Crippen LogP contribution in [0.4, 0.5) is 0 Å². The normalized spacial score (nSPS) is 13.8. The van der Waals surface area contributed by atoms with Crippen LogP contribution >= 0.6 is 0 Å². The summed E-state index contributed by atoms with van der Waals surface area (Å²) in [6.45, 7) is 8.59. The highest BCUT2D eigenvalue weighted by Gasteiger charge is 2.30. The molecule has 5 heteroatoms. The molecule has 0 radical (unpaired) electrons. The first-order valence-corrected chi connectivity index (χ1v) is 9.13. The monoisotopic (exact) mass is 314 g/mol. The Morgan fingerprint density at radius 1 is 1.19 bits per heavy atom. The zero-order valence-corrected chi connectivity index (χ0v) is 14.6. The predicted octanol–water partition coefficient (Wildman–Crippen LogP) is 3.27. The van der Waals surface area contributed by atoms with E-state index in [1.54, 1.807) is 7.11 Å². The van der Waals surface area contributed by atoms with Crippen LogP contribution in [-0.4, -0.2) is 34.1 Å². The molecule has 0 heterocycles. The minimum atomic E-state index is -3.07. The Kier molecular flexibility index (Phi) is 5.68. The van der Waals surface area contributed by atoms with Crippen molar-refractivity contribution in [3.05, 3.63) is 23.8 Å². The molecule has 0 aliphatic carbocycles. The van der Waals surface area contributed by atoms with Gasteiger partial charge in [0.15, 0.2) is 11.5 Å². The highest BCUT2D eigenvalue weighted by molar-refractivity contribution is 7.90. The van der Waals surface area contributed by atoms with E-state index in [4.69, 9.17) is 9.47 Å². The summed E-state index contributed by atoms with van der Waals surface area (Å²) in [5.41, 5.74) is 0.790. The fourth-order valence-electron chi connectivity index (χ4n) is 2.33. The number of hydrogen-bond donors (Lipinski definition) is 0. The maximum absolute atomic E-state index is 11.7. The van der Waals surface area contributed by atoms with E-state index in [2.05, 4.69) is 0 Å². The molecule has 4 nitrogen and oxygen atoms in total. The van der Waals surface area contributed by atoms with Crippen molar-refractivity contribution in [2.75, 3.05) is 25.7 Å². The number of methoxy groups -OCH3 is 1. The van der Waals surface area contributed by atoms with Crippen LogP contribution in [-0.2, 0) is 9.84 Å². The number of benzene rings is 1. The lowest BCUT2D eigenvalue weighted by molar-refractivity contribution is 0.307. The van der Waals surface area contributed by atoms with Crippen LogP contribution in [0, 0.1) is 5.41 Å². The van der Waals surface area contributed by atoms with Crippen molar-refractivity contribution < 1.29 is 17.9 Å². The molecule has 21 heavy (non-hydrogen) atoms. The van der Waals surface area contributed by atoms with E-state index in [0.717, 1.165) is 5.56 Å². The third kappa shape index (κ3) is 5.23. The minimum Gasteiger partial charge on any atom is -0.493 e. The number of hydrogen-bond acceptors (Lipinski definition) is 4. The highest BCUT2D eigenvalue weighted by atomic mass is 32.2. The van der Waals surface area contributed by atoms with Gasteiger partial charge in [-0.2, -0.15) is 0 Å². The molecule has 0 bridgehead atoms. The summed E-state index contributed by atoms with van der Waals surface area (Å²) in [5.74, 6) is 1.33. The average Bonchev–Trinajstić information content (AvgIpc) is 2.34. The Morgan fingerprint density at radius 3 is 2.24 bits per heavy atom. The summed E-state index contributed by atoms with van der Waals surface area (Å²) in [5, 5.41) is 0. The van der Waals surface area contributed by atoms with E-state index in [-0.39, 0.29) is 17.1 Å². The summed E-state index contributed by atoms with van der Waals surface area (Å²) in [7, 11) is -1.47. The second-order valence-corrected chi connectivity index (χ2v) is 8.54. The first-order valence-electron chi connectivity index (χ1n) is 7.07.